The highest BCUT2D eigenvalue weighted by molar-refractivity contribution is 5.70. The van der Waals surface area contributed by atoms with E-state index in [4.69, 9.17) is 14.2 Å². The third-order valence-corrected chi connectivity index (χ3v) is 3.91. The number of anilines is 1. The molecule has 2 aromatic rings. The van der Waals surface area contributed by atoms with Gasteiger partial charge in [0.2, 0.25) is 0 Å². The van der Waals surface area contributed by atoms with Crippen LogP contribution in [0.15, 0.2) is 30.5 Å². The first-order valence-corrected chi connectivity index (χ1v) is 8.51. The molecule has 0 bridgehead atoms. The number of morpholine rings is 1. The molecule has 0 atom stereocenters. The topological polar surface area (TPSA) is 85.8 Å². The first-order chi connectivity index (χ1) is 12.7. The molecule has 8 nitrogen and oxygen atoms in total. The Bertz CT molecular complexity index is 745. The van der Waals surface area contributed by atoms with Crippen LogP contribution < -0.4 is 19.7 Å². The molecule has 3 rings (SSSR count). The maximum atomic E-state index is 11.5. The fraction of sp³-hybridized carbons (Fsp3) is 0.389. The van der Waals surface area contributed by atoms with E-state index in [0.717, 1.165) is 24.5 Å². The second-order valence-corrected chi connectivity index (χ2v) is 5.63. The van der Waals surface area contributed by atoms with E-state index >= 15 is 0 Å². The minimum Gasteiger partial charge on any atom is -0.491 e. The number of aromatic nitrogens is 2. The van der Waals surface area contributed by atoms with Crippen molar-refractivity contribution in [3.63, 3.8) is 0 Å². The molecule has 0 unspecified atom stereocenters. The average Bonchev–Trinajstić information content (AvgIpc) is 2.69. The van der Waals surface area contributed by atoms with E-state index in [1.165, 1.54) is 0 Å². The fourth-order valence-corrected chi connectivity index (χ4v) is 2.61. The van der Waals surface area contributed by atoms with Crippen molar-refractivity contribution in [1.82, 2.24) is 15.3 Å². The molecule has 1 amide bonds. The number of methoxy groups -OCH3 is 1. The highest BCUT2D eigenvalue weighted by atomic mass is 16.6. The number of rotatable bonds is 5. The number of hydrogen-bond acceptors (Lipinski definition) is 7. The summed E-state index contributed by atoms with van der Waals surface area (Å²) in [5, 5.41) is 2.58. The molecule has 1 saturated heterocycles. The van der Waals surface area contributed by atoms with E-state index in [1.807, 2.05) is 19.1 Å². The number of hydrogen-bond donors (Lipinski definition) is 1. The van der Waals surface area contributed by atoms with Crippen LogP contribution in [0, 0.1) is 0 Å². The first-order valence-electron chi connectivity index (χ1n) is 8.51. The zero-order valence-electron chi connectivity index (χ0n) is 14.9. The normalized spacial score (nSPS) is 14.0. The summed E-state index contributed by atoms with van der Waals surface area (Å²) in [6, 6.07) is 7.07. The lowest BCUT2D eigenvalue weighted by Gasteiger charge is -2.28. The number of carbonyl (C=O) groups is 1. The third kappa shape index (κ3) is 4.20. The standard InChI is InChI=1S/C18H22N4O4/c1-3-19-18(23)26-14-6-4-13(5-7-14)16-20-12-15(24-2)17(21-16)22-8-10-25-11-9-22/h4-7,12H,3,8-11H2,1-2H3,(H,19,23). The minimum absolute atomic E-state index is 0.460. The van der Waals surface area contributed by atoms with Gasteiger partial charge in [0.05, 0.1) is 26.5 Å². The number of nitrogens with zero attached hydrogens (tertiary/aromatic N) is 3. The zero-order chi connectivity index (χ0) is 18.4. The maximum Gasteiger partial charge on any atom is 0.412 e. The molecule has 0 saturated carbocycles. The Morgan fingerprint density at radius 2 is 2.00 bits per heavy atom. The van der Waals surface area contributed by atoms with Crippen molar-refractivity contribution in [2.24, 2.45) is 0 Å². The average molecular weight is 358 g/mol. The monoisotopic (exact) mass is 358 g/mol. The molecule has 1 aromatic heterocycles. The molecule has 1 N–H and O–H groups in total. The lowest BCUT2D eigenvalue weighted by atomic mass is 10.2. The molecule has 1 aliphatic heterocycles. The van der Waals surface area contributed by atoms with Crippen LogP contribution in [0.1, 0.15) is 6.92 Å². The molecule has 1 aromatic carbocycles. The summed E-state index contributed by atoms with van der Waals surface area (Å²) in [7, 11) is 1.61. The second kappa shape index (κ2) is 8.48. The van der Waals surface area contributed by atoms with Gasteiger partial charge in [0.1, 0.15) is 5.75 Å². The van der Waals surface area contributed by atoms with Crippen molar-refractivity contribution in [3.8, 4) is 22.9 Å². The Labute approximate surface area is 152 Å². The largest absolute Gasteiger partial charge is 0.491 e. The van der Waals surface area contributed by atoms with E-state index in [0.29, 0.717) is 37.1 Å². The van der Waals surface area contributed by atoms with E-state index in [1.54, 1.807) is 25.4 Å². The van der Waals surface area contributed by atoms with E-state index in [9.17, 15) is 4.79 Å². The van der Waals surface area contributed by atoms with Crippen LogP contribution in [0.5, 0.6) is 11.5 Å². The fourth-order valence-electron chi connectivity index (χ4n) is 2.61. The Morgan fingerprint density at radius 1 is 1.27 bits per heavy atom. The Kier molecular flexibility index (Phi) is 5.85. The van der Waals surface area contributed by atoms with Gasteiger partial charge in [-0.2, -0.15) is 0 Å². The lowest BCUT2D eigenvalue weighted by Crippen LogP contribution is -2.37. The highest BCUT2D eigenvalue weighted by Crippen LogP contribution is 2.29. The number of carbonyl (C=O) groups excluding carboxylic acids is 1. The van der Waals surface area contributed by atoms with Gasteiger partial charge in [0.15, 0.2) is 17.4 Å². The van der Waals surface area contributed by atoms with E-state index < -0.39 is 6.09 Å². The number of ether oxygens (including phenoxy) is 3. The van der Waals surface area contributed by atoms with Crippen molar-refractivity contribution >= 4 is 11.9 Å². The predicted molar refractivity (Wildman–Crippen MR) is 96.8 cm³/mol. The van der Waals surface area contributed by atoms with Gasteiger partial charge < -0.3 is 24.4 Å². The SMILES string of the molecule is CCNC(=O)Oc1ccc(-c2ncc(OC)c(N3CCOCC3)n2)cc1. The molecule has 1 aliphatic rings. The number of benzene rings is 1. The summed E-state index contributed by atoms with van der Waals surface area (Å²) >= 11 is 0. The van der Waals surface area contributed by atoms with Crippen LogP contribution >= 0.6 is 0 Å². The van der Waals surface area contributed by atoms with Gasteiger partial charge >= 0.3 is 6.09 Å². The lowest BCUT2D eigenvalue weighted by molar-refractivity contribution is 0.122. The van der Waals surface area contributed by atoms with Crippen molar-refractivity contribution < 1.29 is 19.0 Å². The number of amides is 1. The molecule has 0 aliphatic carbocycles. The summed E-state index contributed by atoms with van der Waals surface area (Å²) in [6.07, 6.45) is 1.20. The van der Waals surface area contributed by atoms with Gasteiger partial charge in [0, 0.05) is 25.2 Å². The number of nitrogens with one attached hydrogen (secondary N) is 1. The molecular formula is C18H22N4O4. The van der Waals surface area contributed by atoms with E-state index in [-0.39, 0.29) is 0 Å². The van der Waals surface area contributed by atoms with Crippen LogP contribution in [-0.2, 0) is 4.74 Å². The van der Waals surface area contributed by atoms with Crippen molar-refractivity contribution in [2.75, 3.05) is 44.9 Å². The van der Waals surface area contributed by atoms with Gasteiger partial charge in [-0.05, 0) is 31.2 Å². The second-order valence-electron chi connectivity index (χ2n) is 5.63. The van der Waals surface area contributed by atoms with Crippen LogP contribution in [0.3, 0.4) is 0 Å². The molecule has 0 spiro atoms. The van der Waals surface area contributed by atoms with Crippen molar-refractivity contribution in [1.29, 1.82) is 0 Å². The first kappa shape index (κ1) is 17.9. The maximum absolute atomic E-state index is 11.5. The summed E-state index contributed by atoms with van der Waals surface area (Å²) in [4.78, 5) is 22.6. The van der Waals surface area contributed by atoms with Crippen LogP contribution in [-0.4, -0.2) is 56.0 Å². The molecule has 26 heavy (non-hydrogen) atoms. The summed E-state index contributed by atoms with van der Waals surface area (Å²) < 4.78 is 16.0. The zero-order valence-corrected chi connectivity index (χ0v) is 14.9. The van der Waals surface area contributed by atoms with Crippen molar-refractivity contribution in [2.45, 2.75) is 6.92 Å². The van der Waals surface area contributed by atoms with Gasteiger partial charge in [-0.3, -0.25) is 0 Å². The van der Waals surface area contributed by atoms with Gasteiger partial charge in [0.25, 0.3) is 0 Å². The molecule has 0 radical (unpaired) electrons. The Hall–Kier alpha value is -2.87. The Morgan fingerprint density at radius 3 is 2.65 bits per heavy atom. The molecular weight excluding hydrogens is 336 g/mol. The molecule has 138 valence electrons. The third-order valence-electron chi connectivity index (χ3n) is 3.91. The minimum atomic E-state index is -0.476. The van der Waals surface area contributed by atoms with E-state index in [2.05, 4.69) is 20.2 Å². The van der Waals surface area contributed by atoms with Crippen LogP contribution in [0.4, 0.5) is 10.6 Å². The van der Waals surface area contributed by atoms with Crippen LogP contribution in [0.2, 0.25) is 0 Å². The quantitative estimate of drug-likeness (QED) is 0.876. The smallest absolute Gasteiger partial charge is 0.412 e. The Balaban J connectivity index is 1.81. The highest BCUT2D eigenvalue weighted by Gasteiger charge is 2.18. The van der Waals surface area contributed by atoms with Gasteiger partial charge in [-0.15, -0.1) is 0 Å². The summed E-state index contributed by atoms with van der Waals surface area (Å²) in [5.41, 5.74) is 0.824. The predicted octanol–water partition coefficient (Wildman–Crippen LogP) is 2.10. The summed E-state index contributed by atoms with van der Waals surface area (Å²) in [6.45, 7) is 5.18. The van der Waals surface area contributed by atoms with Gasteiger partial charge in [-0.1, -0.05) is 0 Å². The van der Waals surface area contributed by atoms with Crippen molar-refractivity contribution in [3.05, 3.63) is 30.5 Å². The summed E-state index contributed by atoms with van der Waals surface area (Å²) in [5.74, 6) is 2.42. The van der Waals surface area contributed by atoms with Gasteiger partial charge in [-0.25, -0.2) is 14.8 Å². The molecule has 8 heteroatoms. The molecule has 1 fully saturated rings. The molecule has 2 heterocycles. The van der Waals surface area contributed by atoms with Crippen LogP contribution in [0.25, 0.3) is 11.4 Å².